The normalized spacial score (nSPS) is 22.7. The van der Waals surface area contributed by atoms with E-state index in [0.29, 0.717) is 23.5 Å². The number of hydrazine groups is 1. The van der Waals surface area contributed by atoms with Gasteiger partial charge in [-0.1, -0.05) is 42.0 Å². The van der Waals surface area contributed by atoms with Gasteiger partial charge in [0.1, 0.15) is 5.75 Å². The van der Waals surface area contributed by atoms with Crippen LogP contribution in [0.2, 0.25) is 0 Å². The first kappa shape index (κ1) is 24.4. The average molecular weight is 510 g/mol. The van der Waals surface area contributed by atoms with Crippen molar-refractivity contribution in [2.24, 2.45) is 5.41 Å². The van der Waals surface area contributed by atoms with Crippen LogP contribution in [0.1, 0.15) is 50.6 Å². The summed E-state index contributed by atoms with van der Waals surface area (Å²) in [4.78, 5) is 43.5. The van der Waals surface area contributed by atoms with E-state index >= 15 is 0 Å². The van der Waals surface area contributed by atoms with Crippen molar-refractivity contribution in [2.75, 3.05) is 25.1 Å². The Morgan fingerprint density at radius 3 is 2.34 bits per heavy atom. The molecule has 0 bridgehead atoms. The summed E-state index contributed by atoms with van der Waals surface area (Å²) in [6.45, 7) is 6.64. The largest absolute Gasteiger partial charge is 0.497 e. The standard InChI is InChI=1S/C31H31N3O4/c1-19-15-20(2)27(21(3)16-19)34-26(35)17-31(30(34)37)18-33(29(36)23-9-11-24(38-4)12-10-23)32-14-13-22-7-5-6-8-25(22)28(31)32/h5-12,15-16,28H,13-14,17-18H2,1-4H3/t28-,31-/m1/s1. The Labute approximate surface area is 222 Å². The van der Waals surface area contributed by atoms with Gasteiger partial charge < -0.3 is 4.74 Å². The summed E-state index contributed by atoms with van der Waals surface area (Å²) in [5.74, 6) is 0.0386. The Kier molecular flexibility index (Phi) is 5.65. The Balaban J connectivity index is 1.47. The molecule has 2 saturated heterocycles. The predicted octanol–water partition coefficient (Wildman–Crippen LogP) is 4.54. The zero-order valence-corrected chi connectivity index (χ0v) is 22.2. The average Bonchev–Trinajstić information content (AvgIpc) is 3.37. The van der Waals surface area contributed by atoms with Crippen molar-refractivity contribution in [3.8, 4) is 5.75 Å². The van der Waals surface area contributed by atoms with Crippen LogP contribution in [-0.4, -0.2) is 47.9 Å². The lowest BCUT2D eigenvalue weighted by atomic mass is 9.74. The lowest BCUT2D eigenvalue weighted by molar-refractivity contribution is -0.126. The van der Waals surface area contributed by atoms with Gasteiger partial charge in [0.2, 0.25) is 11.8 Å². The number of aryl methyl sites for hydroxylation is 3. The molecule has 7 heteroatoms. The number of imide groups is 1. The summed E-state index contributed by atoms with van der Waals surface area (Å²) in [5.41, 5.74) is 5.16. The minimum absolute atomic E-state index is 0.0560. The van der Waals surface area contributed by atoms with E-state index in [9.17, 15) is 14.4 Å². The summed E-state index contributed by atoms with van der Waals surface area (Å²) < 4.78 is 5.26. The Hall–Kier alpha value is -3.97. The molecule has 0 saturated carbocycles. The molecule has 2 fully saturated rings. The van der Waals surface area contributed by atoms with Crippen LogP contribution in [-0.2, 0) is 16.0 Å². The van der Waals surface area contributed by atoms with Crippen molar-refractivity contribution in [3.63, 3.8) is 0 Å². The molecule has 0 aromatic heterocycles. The highest BCUT2D eigenvalue weighted by atomic mass is 16.5. The molecule has 3 aliphatic heterocycles. The lowest BCUT2D eigenvalue weighted by Gasteiger charge is -2.39. The summed E-state index contributed by atoms with van der Waals surface area (Å²) in [6, 6.07) is 18.7. The number of benzene rings is 3. The first-order valence-electron chi connectivity index (χ1n) is 13.0. The second-order valence-corrected chi connectivity index (χ2v) is 10.7. The van der Waals surface area contributed by atoms with Gasteiger partial charge in [-0.15, -0.1) is 0 Å². The van der Waals surface area contributed by atoms with Gasteiger partial charge >= 0.3 is 0 Å². The second kappa shape index (κ2) is 8.81. The lowest BCUT2D eigenvalue weighted by Crippen LogP contribution is -2.45. The van der Waals surface area contributed by atoms with E-state index in [1.54, 1.807) is 36.4 Å². The highest BCUT2D eigenvalue weighted by molar-refractivity contribution is 6.24. The number of anilines is 1. The van der Waals surface area contributed by atoms with Gasteiger partial charge in [0.15, 0.2) is 0 Å². The fourth-order valence-electron chi connectivity index (χ4n) is 6.76. The number of methoxy groups -OCH3 is 1. The zero-order chi connectivity index (χ0) is 26.8. The molecular weight excluding hydrogens is 478 g/mol. The molecule has 3 aliphatic rings. The Morgan fingerprint density at radius 1 is 0.974 bits per heavy atom. The molecule has 38 heavy (non-hydrogen) atoms. The summed E-state index contributed by atoms with van der Waals surface area (Å²) in [6.07, 6.45) is 0.817. The zero-order valence-electron chi connectivity index (χ0n) is 22.2. The van der Waals surface area contributed by atoms with Gasteiger partial charge in [0.25, 0.3) is 5.91 Å². The molecule has 0 N–H and O–H groups in total. The third-order valence-electron chi connectivity index (χ3n) is 8.30. The summed E-state index contributed by atoms with van der Waals surface area (Å²) in [7, 11) is 1.59. The maximum absolute atomic E-state index is 14.5. The van der Waals surface area contributed by atoms with Gasteiger partial charge in [-0.3, -0.25) is 19.4 Å². The van der Waals surface area contributed by atoms with Gasteiger partial charge in [-0.25, -0.2) is 9.91 Å². The third kappa shape index (κ3) is 3.49. The number of hydrogen-bond donors (Lipinski definition) is 0. The first-order valence-corrected chi connectivity index (χ1v) is 13.0. The summed E-state index contributed by atoms with van der Waals surface area (Å²) >= 11 is 0. The quantitative estimate of drug-likeness (QED) is 0.485. The fraction of sp³-hybridized carbons (Fsp3) is 0.323. The van der Waals surface area contributed by atoms with Crippen LogP contribution in [0.3, 0.4) is 0 Å². The van der Waals surface area contributed by atoms with Crippen molar-refractivity contribution in [3.05, 3.63) is 94.0 Å². The molecule has 6 rings (SSSR count). The van der Waals surface area contributed by atoms with Crippen LogP contribution >= 0.6 is 0 Å². The molecule has 1 spiro atoms. The number of ether oxygens (including phenoxy) is 1. The third-order valence-corrected chi connectivity index (χ3v) is 8.30. The van der Waals surface area contributed by atoms with Crippen LogP contribution in [0.4, 0.5) is 5.69 Å². The molecule has 3 amide bonds. The molecule has 0 radical (unpaired) electrons. The van der Waals surface area contributed by atoms with Crippen LogP contribution in [0.5, 0.6) is 5.75 Å². The fourth-order valence-corrected chi connectivity index (χ4v) is 6.76. The molecule has 2 atom stereocenters. The van der Waals surface area contributed by atoms with E-state index in [1.807, 2.05) is 56.1 Å². The number of nitrogens with zero attached hydrogens (tertiary/aromatic N) is 3. The van der Waals surface area contributed by atoms with E-state index in [4.69, 9.17) is 4.74 Å². The molecule has 3 aromatic rings. The highest BCUT2D eigenvalue weighted by Crippen LogP contribution is 2.56. The molecule has 0 aliphatic carbocycles. The van der Waals surface area contributed by atoms with Crippen molar-refractivity contribution >= 4 is 23.4 Å². The maximum Gasteiger partial charge on any atom is 0.268 e. The van der Waals surface area contributed by atoms with Crippen LogP contribution < -0.4 is 9.64 Å². The molecule has 3 heterocycles. The van der Waals surface area contributed by atoms with Crippen molar-refractivity contribution in [2.45, 2.75) is 39.7 Å². The number of carbonyl (C=O) groups is 3. The van der Waals surface area contributed by atoms with Crippen molar-refractivity contribution < 1.29 is 19.1 Å². The summed E-state index contributed by atoms with van der Waals surface area (Å²) in [5, 5.41) is 3.73. The smallest absolute Gasteiger partial charge is 0.268 e. The minimum atomic E-state index is -1.07. The van der Waals surface area contributed by atoms with Gasteiger partial charge in [0, 0.05) is 18.5 Å². The molecule has 7 nitrogen and oxygen atoms in total. The van der Waals surface area contributed by atoms with Gasteiger partial charge in [-0.2, -0.15) is 0 Å². The monoisotopic (exact) mass is 509 g/mol. The van der Waals surface area contributed by atoms with Gasteiger partial charge in [-0.05, 0) is 73.7 Å². The minimum Gasteiger partial charge on any atom is -0.497 e. The van der Waals surface area contributed by atoms with E-state index in [2.05, 4.69) is 6.07 Å². The number of hydrogen-bond acceptors (Lipinski definition) is 5. The highest BCUT2D eigenvalue weighted by Gasteiger charge is 2.65. The van der Waals surface area contributed by atoms with E-state index in [1.165, 1.54) is 4.90 Å². The van der Waals surface area contributed by atoms with E-state index in [0.717, 1.165) is 34.2 Å². The predicted molar refractivity (Wildman–Crippen MR) is 144 cm³/mol. The Bertz CT molecular complexity index is 1460. The number of amides is 3. The topological polar surface area (TPSA) is 70.2 Å². The second-order valence-electron chi connectivity index (χ2n) is 10.7. The van der Waals surface area contributed by atoms with Crippen molar-refractivity contribution in [1.29, 1.82) is 0 Å². The number of carbonyl (C=O) groups excluding carboxylic acids is 3. The SMILES string of the molecule is COc1ccc(C(=O)N2C[C@]3(CC(=O)N(c4c(C)cc(C)cc4C)C3=O)[C@H]3c4ccccc4CCN32)cc1. The van der Waals surface area contributed by atoms with Crippen LogP contribution in [0.25, 0.3) is 0 Å². The molecule has 0 unspecified atom stereocenters. The van der Waals surface area contributed by atoms with E-state index < -0.39 is 11.5 Å². The van der Waals surface area contributed by atoms with Crippen LogP contribution in [0.15, 0.2) is 60.7 Å². The van der Waals surface area contributed by atoms with E-state index in [-0.39, 0.29) is 30.7 Å². The van der Waals surface area contributed by atoms with Crippen molar-refractivity contribution in [1.82, 2.24) is 10.0 Å². The van der Waals surface area contributed by atoms with Gasteiger partial charge in [0.05, 0.1) is 30.8 Å². The molecule has 3 aromatic carbocycles. The first-order chi connectivity index (χ1) is 18.2. The Morgan fingerprint density at radius 2 is 1.66 bits per heavy atom. The number of rotatable bonds is 3. The molecule has 194 valence electrons. The molecular formula is C31H31N3O4. The maximum atomic E-state index is 14.5. The number of fused-ring (bicyclic) bond motifs is 4. The van der Waals surface area contributed by atoms with Crippen LogP contribution in [0, 0.1) is 26.2 Å².